The number of hydrogen-bond donors (Lipinski definition) is 2. The molecule has 1 aliphatic rings. The molecule has 1 aliphatic heterocycles. The molecule has 0 bridgehead atoms. The summed E-state index contributed by atoms with van der Waals surface area (Å²) in [6, 6.07) is 10.9. The van der Waals surface area contributed by atoms with E-state index in [-0.39, 0.29) is 30.8 Å². The number of piperidine rings is 1. The molecule has 0 spiro atoms. The molecule has 0 saturated carbocycles. The molecule has 1 amide bonds. The third-order valence-electron chi connectivity index (χ3n) is 5.89. The van der Waals surface area contributed by atoms with Gasteiger partial charge in [0.1, 0.15) is 24.3 Å². The number of benzene rings is 2. The normalized spacial score (nSPS) is 17.3. The number of aliphatic hydroxyl groups is 1. The van der Waals surface area contributed by atoms with Crippen molar-refractivity contribution in [3.63, 3.8) is 0 Å². The Hall–Kier alpha value is -2.61. The second-order valence-electron chi connectivity index (χ2n) is 8.36. The number of nitrogens with one attached hydrogen (secondary N) is 1. The summed E-state index contributed by atoms with van der Waals surface area (Å²) in [5, 5.41) is 14.1. The van der Waals surface area contributed by atoms with Crippen LogP contribution in [0.4, 0.5) is 0 Å². The number of Topliss-reactive ketones (excluding diaryl/α,β-unsaturated/α-hetero) is 1. The number of ketones is 1. The van der Waals surface area contributed by atoms with Crippen LogP contribution in [-0.4, -0.2) is 55.0 Å². The van der Waals surface area contributed by atoms with Crippen LogP contribution in [0.5, 0.6) is 11.5 Å². The van der Waals surface area contributed by atoms with Gasteiger partial charge in [-0.2, -0.15) is 0 Å². The smallest absolute Gasteiger partial charge is 0.224 e. The minimum atomic E-state index is -0.943. The summed E-state index contributed by atoms with van der Waals surface area (Å²) in [6.45, 7) is 4.67. The van der Waals surface area contributed by atoms with E-state index in [9.17, 15) is 14.7 Å². The number of aryl methyl sites for hydroxylation is 2. The van der Waals surface area contributed by atoms with Gasteiger partial charge in [-0.1, -0.05) is 29.8 Å². The molecular formula is C25H31ClN2O5. The van der Waals surface area contributed by atoms with Gasteiger partial charge in [-0.3, -0.25) is 14.5 Å². The minimum Gasteiger partial charge on any atom is -0.496 e. The predicted molar refractivity (Wildman–Crippen MR) is 127 cm³/mol. The highest BCUT2D eigenvalue weighted by Crippen LogP contribution is 2.32. The lowest BCUT2D eigenvalue weighted by atomic mass is 9.96. The number of hydrogen-bond acceptors (Lipinski definition) is 6. The van der Waals surface area contributed by atoms with E-state index in [1.807, 2.05) is 36.9 Å². The minimum absolute atomic E-state index is 0.0923. The molecule has 2 atom stereocenters. The first-order valence-electron chi connectivity index (χ1n) is 11.0. The molecule has 3 rings (SSSR count). The molecule has 0 radical (unpaired) electrons. The lowest BCUT2D eigenvalue weighted by molar-refractivity contribution is -0.131. The fourth-order valence-corrected chi connectivity index (χ4v) is 4.29. The lowest BCUT2D eigenvalue weighted by Gasteiger charge is -2.35. The molecular weight excluding hydrogens is 444 g/mol. The molecule has 0 aromatic heterocycles. The number of ether oxygens (including phenoxy) is 2. The van der Waals surface area contributed by atoms with Crippen molar-refractivity contribution in [2.24, 2.45) is 5.92 Å². The van der Waals surface area contributed by atoms with E-state index in [0.717, 1.165) is 17.5 Å². The van der Waals surface area contributed by atoms with Crippen LogP contribution in [0.1, 0.15) is 35.8 Å². The Kier molecular flexibility index (Phi) is 8.72. The number of rotatable bonds is 9. The van der Waals surface area contributed by atoms with Crippen molar-refractivity contribution in [2.45, 2.75) is 32.9 Å². The second kappa shape index (κ2) is 11.5. The van der Waals surface area contributed by atoms with Gasteiger partial charge in [0.2, 0.25) is 5.91 Å². The summed E-state index contributed by atoms with van der Waals surface area (Å²) in [7, 11) is 1.53. The van der Waals surface area contributed by atoms with Gasteiger partial charge in [-0.05, 0) is 56.0 Å². The zero-order chi connectivity index (χ0) is 24.0. The van der Waals surface area contributed by atoms with Crippen molar-refractivity contribution in [1.82, 2.24) is 10.2 Å². The Labute approximate surface area is 199 Å². The summed E-state index contributed by atoms with van der Waals surface area (Å²) in [4.78, 5) is 26.8. The topological polar surface area (TPSA) is 88.1 Å². The quantitative estimate of drug-likeness (QED) is 0.579. The number of carbonyl (C=O) groups excluding carboxylic acids is 2. The predicted octanol–water partition coefficient (Wildman–Crippen LogP) is 3.43. The first kappa shape index (κ1) is 25.0. The third kappa shape index (κ3) is 6.47. The molecule has 1 saturated heterocycles. The van der Waals surface area contributed by atoms with E-state index in [4.69, 9.17) is 21.1 Å². The van der Waals surface area contributed by atoms with E-state index in [2.05, 4.69) is 5.32 Å². The Balaban J connectivity index is 1.52. The Morgan fingerprint density at radius 3 is 2.67 bits per heavy atom. The first-order valence-corrected chi connectivity index (χ1v) is 11.4. The zero-order valence-corrected chi connectivity index (χ0v) is 20.0. The van der Waals surface area contributed by atoms with Crippen LogP contribution in [-0.2, 0) is 9.59 Å². The van der Waals surface area contributed by atoms with Crippen molar-refractivity contribution in [3.8, 4) is 11.5 Å². The summed E-state index contributed by atoms with van der Waals surface area (Å²) in [5.41, 5.74) is 2.48. The molecule has 1 fully saturated rings. The molecule has 2 N–H and O–H groups in total. The van der Waals surface area contributed by atoms with Gasteiger partial charge in [-0.25, -0.2) is 0 Å². The Bertz CT molecular complexity index is 977. The van der Waals surface area contributed by atoms with Crippen LogP contribution in [0.25, 0.3) is 0 Å². The largest absolute Gasteiger partial charge is 0.496 e. The van der Waals surface area contributed by atoms with Gasteiger partial charge in [0.05, 0.1) is 19.6 Å². The maximum atomic E-state index is 12.7. The highest BCUT2D eigenvalue weighted by atomic mass is 35.5. The third-order valence-corrected chi connectivity index (χ3v) is 6.12. The Morgan fingerprint density at radius 2 is 1.97 bits per heavy atom. The SMILES string of the molecule is COc1ccc(Cl)cc1C(O)N1CCC[C@H](C(=O)NCC(=O)COc2c(C)cccc2C)C1. The fourth-order valence-electron chi connectivity index (χ4n) is 4.11. The average Bonchev–Trinajstić information content (AvgIpc) is 2.81. The van der Waals surface area contributed by atoms with Crippen molar-refractivity contribution in [1.29, 1.82) is 0 Å². The highest BCUT2D eigenvalue weighted by molar-refractivity contribution is 6.30. The van der Waals surface area contributed by atoms with Crippen molar-refractivity contribution in [2.75, 3.05) is 33.4 Å². The van der Waals surface area contributed by atoms with Crippen LogP contribution in [0.15, 0.2) is 36.4 Å². The van der Waals surface area contributed by atoms with Gasteiger partial charge in [0.25, 0.3) is 0 Å². The van der Waals surface area contributed by atoms with Gasteiger partial charge in [0.15, 0.2) is 5.78 Å². The Morgan fingerprint density at radius 1 is 1.24 bits per heavy atom. The highest BCUT2D eigenvalue weighted by Gasteiger charge is 2.31. The maximum Gasteiger partial charge on any atom is 0.224 e. The van der Waals surface area contributed by atoms with Gasteiger partial charge in [0, 0.05) is 23.7 Å². The molecule has 33 heavy (non-hydrogen) atoms. The van der Waals surface area contributed by atoms with Crippen molar-refractivity contribution in [3.05, 3.63) is 58.1 Å². The number of aliphatic hydroxyl groups excluding tert-OH is 1. The number of likely N-dealkylation sites (tertiary alicyclic amines) is 1. The van der Waals surface area contributed by atoms with Gasteiger partial charge in [-0.15, -0.1) is 0 Å². The molecule has 1 unspecified atom stereocenters. The molecule has 178 valence electrons. The summed E-state index contributed by atoms with van der Waals surface area (Å²) >= 11 is 6.10. The molecule has 0 aliphatic carbocycles. The van der Waals surface area contributed by atoms with Crippen molar-refractivity contribution >= 4 is 23.3 Å². The number of carbonyl (C=O) groups is 2. The van der Waals surface area contributed by atoms with Gasteiger partial charge >= 0.3 is 0 Å². The standard InChI is InChI=1S/C25H31ClN2O5/c1-16-6-4-7-17(2)23(16)33-15-20(29)13-27-24(30)18-8-5-11-28(14-18)25(31)21-12-19(26)9-10-22(21)32-3/h4,6-7,9-10,12,18,25,31H,5,8,11,13-15H2,1-3H3,(H,27,30)/t18-,25?/m0/s1. The van der Waals surface area contributed by atoms with Crippen molar-refractivity contribution < 1.29 is 24.2 Å². The fraction of sp³-hybridized carbons (Fsp3) is 0.440. The maximum absolute atomic E-state index is 12.7. The number of methoxy groups -OCH3 is 1. The number of nitrogens with zero attached hydrogens (tertiary/aromatic N) is 1. The monoisotopic (exact) mass is 474 g/mol. The lowest BCUT2D eigenvalue weighted by Crippen LogP contribution is -2.45. The van der Waals surface area contributed by atoms with E-state index < -0.39 is 6.23 Å². The van der Waals surface area contributed by atoms with Gasteiger partial charge < -0.3 is 19.9 Å². The van der Waals surface area contributed by atoms with Crippen LogP contribution < -0.4 is 14.8 Å². The van der Waals surface area contributed by atoms with Crippen LogP contribution in [0, 0.1) is 19.8 Å². The second-order valence-corrected chi connectivity index (χ2v) is 8.80. The first-order chi connectivity index (χ1) is 15.8. The number of amides is 1. The number of para-hydroxylation sites is 1. The molecule has 1 heterocycles. The van der Waals surface area contributed by atoms with Crippen LogP contribution >= 0.6 is 11.6 Å². The molecule has 2 aromatic carbocycles. The molecule has 7 nitrogen and oxygen atoms in total. The van der Waals surface area contributed by atoms with E-state index >= 15 is 0 Å². The van der Waals surface area contributed by atoms with E-state index in [1.54, 1.807) is 18.2 Å². The number of halogens is 1. The molecule has 8 heteroatoms. The molecule has 2 aromatic rings. The van der Waals surface area contributed by atoms with Crippen LogP contribution in [0.3, 0.4) is 0 Å². The van der Waals surface area contributed by atoms with Crippen LogP contribution in [0.2, 0.25) is 5.02 Å². The summed E-state index contributed by atoms with van der Waals surface area (Å²) in [6.07, 6.45) is 0.498. The zero-order valence-electron chi connectivity index (χ0n) is 19.3. The summed E-state index contributed by atoms with van der Waals surface area (Å²) < 4.78 is 11.0. The average molecular weight is 475 g/mol. The van der Waals surface area contributed by atoms with E-state index in [1.165, 1.54) is 7.11 Å². The summed E-state index contributed by atoms with van der Waals surface area (Å²) in [5.74, 6) is 0.497. The van der Waals surface area contributed by atoms with E-state index in [0.29, 0.717) is 41.6 Å².